The van der Waals surface area contributed by atoms with Crippen LogP contribution >= 0.6 is 11.6 Å². The number of rotatable bonds is 1. The molecule has 1 fully saturated rings. The molecule has 3 heterocycles. The third-order valence-corrected chi connectivity index (χ3v) is 6.03. The number of fused-ring (bicyclic) bond motifs is 4. The van der Waals surface area contributed by atoms with Gasteiger partial charge >= 0.3 is 0 Å². The second-order valence-corrected chi connectivity index (χ2v) is 7.75. The van der Waals surface area contributed by atoms with Crippen molar-refractivity contribution in [2.45, 2.75) is 37.3 Å². The Hall–Kier alpha value is -2.27. The van der Waals surface area contributed by atoms with Crippen LogP contribution in [0.5, 0.6) is 5.75 Å². The van der Waals surface area contributed by atoms with Crippen LogP contribution in [0, 0.1) is 5.92 Å². The van der Waals surface area contributed by atoms with Gasteiger partial charge in [0.1, 0.15) is 24.0 Å². The topological polar surface area (TPSA) is 69.7 Å². The first-order valence-corrected chi connectivity index (χ1v) is 9.44. The highest BCUT2D eigenvalue weighted by Crippen LogP contribution is 2.52. The number of hydrogen-bond donors (Lipinski definition) is 1. The van der Waals surface area contributed by atoms with E-state index in [1.165, 1.54) is 12.8 Å². The van der Waals surface area contributed by atoms with E-state index in [1.807, 2.05) is 24.4 Å². The van der Waals surface area contributed by atoms with Crippen molar-refractivity contribution in [1.82, 2.24) is 4.98 Å². The molecule has 1 aromatic carbocycles. The van der Waals surface area contributed by atoms with Crippen LogP contribution in [0.2, 0.25) is 5.02 Å². The number of aliphatic imine (C=N–C) groups is 1. The van der Waals surface area contributed by atoms with E-state index in [4.69, 9.17) is 31.8 Å². The standard InChI is InChI=1S/C20H20ClN3O2/c21-14-7-13(9-23-10-14)12-5-6-18-16(8-12)20(11-25-19(22)24-20)15-3-1-2-4-17(15)26-18/h5-10,15,17H,1-4,11H2,(H2,22,24)/t15-,17?,20?/m1/s1. The number of amidine groups is 1. The van der Waals surface area contributed by atoms with Crippen molar-refractivity contribution in [3.8, 4) is 16.9 Å². The molecule has 2 aromatic rings. The maximum absolute atomic E-state index is 6.37. The van der Waals surface area contributed by atoms with Crippen molar-refractivity contribution in [3.05, 3.63) is 47.2 Å². The fourth-order valence-electron chi connectivity index (χ4n) is 4.64. The Morgan fingerprint density at radius 3 is 2.81 bits per heavy atom. The molecule has 3 atom stereocenters. The molecule has 0 bridgehead atoms. The lowest BCUT2D eigenvalue weighted by Crippen LogP contribution is -2.49. The van der Waals surface area contributed by atoms with E-state index in [9.17, 15) is 0 Å². The SMILES string of the molecule is NC1=NC2(CO1)c1cc(-c3cncc(Cl)c3)ccc1OC1CCCC[C@H]12. The summed E-state index contributed by atoms with van der Waals surface area (Å²) < 4.78 is 12.0. The molecule has 1 saturated carbocycles. The predicted octanol–water partition coefficient (Wildman–Crippen LogP) is 3.89. The Morgan fingerprint density at radius 2 is 2.00 bits per heavy atom. The summed E-state index contributed by atoms with van der Waals surface area (Å²) in [7, 11) is 0. The van der Waals surface area contributed by atoms with Gasteiger partial charge in [-0.2, -0.15) is 0 Å². The summed E-state index contributed by atoms with van der Waals surface area (Å²) in [6.07, 6.45) is 8.14. The first-order valence-electron chi connectivity index (χ1n) is 9.06. The van der Waals surface area contributed by atoms with Gasteiger partial charge in [-0.1, -0.05) is 24.1 Å². The number of nitrogens with two attached hydrogens (primary N) is 1. The second kappa shape index (κ2) is 5.88. The smallest absolute Gasteiger partial charge is 0.283 e. The molecule has 0 amide bonds. The monoisotopic (exact) mass is 369 g/mol. The predicted molar refractivity (Wildman–Crippen MR) is 100 cm³/mol. The van der Waals surface area contributed by atoms with Gasteiger partial charge in [0.05, 0.1) is 5.02 Å². The maximum atomic E-state index is 6.37. The number of pyridine rings is 1. The summed E-state index contributed by atoms with van der Waals surface area (Å²) >= 11 is 6.12. The zero-order chi connectivity index (χ0) is 17.7. The summed E-state index contributed by atoms with van der Waals surface area (Å²) in [5, 5.41) is 0.616. The van der Waals surface area contributed by atoms with Crippen molar-refractivity contribution >= 4 is 17.6 Å². The van der Waals surface area contributed by atoms with Crippen LogP contribution in [0.3, 0.4) is 0 Å². The van der Waals surface area contributed by atoms with Crippen LogP contribution in [0.1, 0.15) is 31.2 Å². The maximum Gasteiger partial charge on any atom is 0.283 e. The summed E-state index contributed by atoms with van der Waals surface area (Å²) in [5.74, 6) is 1.17. The molecule has 3 aliphatic rings. The molecule has 0 saturated heterocycles. The van der Waals surface area contributed by atoms with Crippen LogP contribution in [-0.4, -0.2) is 23.7 Å². The molecule has 5 rings (SSSR count). The van der Waals surface area contributed by atoms with Gasteiger partial charge in [-0.05, 0) is 43.0 Å². The average Bonchev–Trinajstić information content (AvgIpc) is 3.04. The molecule has 134 valence electrons. The third kappa shape index (κ3) is 2.37. The summed E-state index contributed by atoms with van der Waals surface area (Å²) in [5.41, 5.74) is 8.56. The second-order valence-electron chi connectivity index (χ2n) is 7.31. The number of nitrogens with zero attached hydrogens (tertiary/aromatic N) is 2. The lowest BCUT2D eigenvalue weighted by Gasteiger charge is -2.46. The Morgan fingerprint density at radius 1 is 1.12 bits per heavy atom. The number of hydrogen-bond acceptors (Lipinski definition) is 5. The minimum atomic E-state index is -0.454. The van der Waals surface area contributed by atoms with Gasteiger partial charge in [0.15, 0.2) is 0 Å². The van der Waals surface area contributed by atoms with Gasteiger partial charge in [0.2, 0.25) is 0 Å². The molecule has 2 unspecified atom stereocenters. The number of halogens is 1. The average molecular weight is 370 g/mol. The molecule has 1 spiro atoms. The normalized spacial score (nSPS) is 29.3. The fourth-order valence-corrected chi connectivity index (χ4v) is 4.81. The third-order valence-electron chi connectivity index (χ3n) is 5.83. The van der Waals surface area contributed by atoms with Gasteiger partial charge in [0.25, 0.3) is 6.02 Å². The molecule has 0 radical (unpaired) electrons. The van der Waals surface area contributed by atoms with E-state index in [0.29, 0.717) is 11.6 Å². The molecule has 1 aromatic heterocycles. The first kappa shape index (κ1) is 15.9. The van der Waals surface area contributed by atoms with Gasteiger partial charge in [0, 0.05) is 29.4 Å². The number of benzene rings is 1. The van der Waals surface area contributed by atoms with Gasteiger partial charge in [-0.25, -0.2) is 4.99 Å². The molecule has 5 nitrogen and oxygen atoms in total. The fraction of sp³-hybridized carbons (Fsp3) is 0.400. The van der Waals surface area contributed by atoms with E-state index in [0.717, 1.165) is 35.3 Å². The lowest BCUT2D eigenvalue weighted by atomic mass is 9.68. The van der Waals surface area contributed by atoms with Gasteiger partial charge in [-0.3, -0.25) is 4.98 Å². The van der Waals surface area contributed by atoms with Crippen molar-refractivity contribution in [2.75, 3.05) is 6.61 Å². The highest BCUT2D eigenvalue weighted by molar-refractivity contribution is 6.30. The van der Waals surface area contributed by atoms with Crippen LogP contribution in [0.15, 0.2) is 41.7 Å². The quantitative estimate of drug-likeness (QED) is 0.827. The van der Waals surface area contributed by atoms with Gasteiger partial charge < -0.3 is 15.2 Å². The van der Waals surface area contributed by atoms with Crippen molar-refractivity contribution in [1.29, 1.82) is 0 Å². The van der Waals surface area contributed by atoms with Crippen molar-refractivity contribution in [3.63, 3.8) is 0 Å². The van der Waals surface area contributed by atoms with Crippen LogP contribution in [-0.2, 0) is 10.3 Å². The largest absolute Gasteiger partial charge is 0.490 e. The van der Waals surface area contributed by atoms with E-state index in [2.05, 4.69) is 11.1 Å². The highest BCUT2D eigenvalue weighted by Gasteiger charge is 2.54. The number of ether oxygens (including phenoxy) is 2. The zero-order valence-corrected chi connectivity index (χ0v) is 15.1. The minimum absolute atomic E-state index is 0.174. The van der Waals surface area contributed by atoms with Crippen LogP contribution < -0.4 is 10.5 Å². The highest BCUT2D eigenvalue weighted by atomic mass is 35.5. The van der Waals surface area contributed by atoms with E-state index in [1.54, 1.807) is 6.20 Å². The Bertz CT molecular complexity index is 900. The van der Waals surface area contributed by atoms with Gasteiger partial charge in [-0.15, -0.1) is 0 Å². The number of aromatic nitrogens is 1. The summed E-state index contributed by atoms with van der Waals surface area (Å²) in [4.78, 5) is 9.01. The zero-order valence-electron chi connectivity index (χ0n) is 14.3. The van der Waals surface area contributed by atoms with E-state index >= 15 is 0 Å². The molecule has 2 aliphatic heterocycles. The lowest BCUT2D eigenvalue weighted by molar-refractivity contribution is 0.00745. The molecule has 6 heteroatoms. The van der Waals surface area contributed by atoms with Crippen molar-refractivity contribution < 1.29 is 9.47 Å². The molecular formula is C20H20ClN3O2. The van der Waals surface area contributed by atoms with Crippen LogP contribution in [0.4, 0.5) is 0 Å². The molecule has 1 aliphatic carbocycles. The molecule has 2 N–H and O–H groups in total. The minimum Gasteiger partial charge on any atom is -0.490 e. The van der Waals surface area contributed by atoms with E-state index < -0.39 is 5.54 Å². The Kier molecular flexibility index (Phi) is 3.60. The summed E-state index contributed by atoms with van der Waals surface area (Å²) in [6, 6.07) is 8.41. The van der Waals surface area contributed by atoms with Crippen LogP contribution in [0.25, 0.3) is 11.1 Å². The van der Waals surface area contributed by atoms with Crippen molar-refractivity contribution in [2.24, 2.45) is 16.6 Å². The molecule has 26 heavy (non-hydrogen) atoms. The molecular weight excluding hydrogens is 350 g/mol. The summed E-state index contributed by atoms with van der Waals surface area (Å²) in [6.45, 7) is 0.480. The Labute approximate surface area is 157 Å². The first-order chi connectivity index (χ1) is 12.7. The van der Waals surface area contributed by atoms with E-state index in [-0.39, 0.29) is 18.0 Å². The Balaban J connectivity index is 1.67.